The van der Waals surface area contributed by atoms with Crippen molar-refractivity contribution in [3.05, 3.63) is 0 Å². The molecule has 0 aromatic carbocycles. The molecule has 2 N–H and O–H groups in total. The summed E-state index contributed by atoms with van der Waals surface area (Å²) in [6, 6.07) is 0.405. The van der Waals surface area contributed by atoms with E-state index in [1.807, 2.05) is 20.8 Å². The van der Waals surface area contributed by atoms with Crippen molar-refractivity contribution in [1.29, 1.82) is 0 Å². The van der Waals surface area contributed by atoms with E-state index < -0.39 is 11.4 Å². The standard InChI is InChI=1S/C15H28N2O3/c1-10(2)17-8-11(7-13(18)19)6-12(9-17)16-14(20)15(3,4)5/h10-12H,6-9H2,1-5H3,(H,16,20)(H,18,19). The average Bonchev–Trinajstić information content (AvgIpc) is 2.26. The number of carboxylic acid groups (broad SMARTS) is 1. The van der Waals surface area contributed by atoms with E-state index in [-0.39, 0.29) is 24.3 Å². The molecule has 0 spiro atoms. The molecule has 1 heterocycles. The lowest BCUT2D eigenvalue weighted by Gasteiger charge is -2.40. The van der Waals surface area contributed by atoms with Gasteiger partial charge in [0.05, 0.1) is 0 Å². The maximum atomic E-state index is 12.1. The smallest absolute Gasteiger partial charge is 0.303 e. The minimum Gasteiger partial charge on any atom is -0.481 e. The number of piperidine rings is 1. The number of aliphatic carboxylic acids is 1. The molecule has 0 bridgehead atoms. The van der Waals surface area contributed by atoms with Crippen molar-refractivity contribution < 1.29 is 14.7 Å². The molecule has 2 atom stereocenters. The second kappa shape index (κ2) is 6.57. The van der Waals surface area contributed by atoms with Crippen molar-refractivity contribution in [3.63, 3.8) is 0 Å². The monoisotopic (exact) mass is 284 g/mol. The number of nitrogens with one attached hydrogen (secondary N) is 1. The topological polar surface area (TPSA) is 69.6 Å². The lowest BCUT2D eigenvalue weighted by Crippen LogP contribution is -2.54. The van der Waals surface area contributed by atoms with Crippen LogP contribution in [0.15, 0.2) is 0 Å². The minimum absolute atomic E-state index is 0.0298. The third-order valence-electron chi connectivity index (χ3n) is 3.78. The predicted molar refractivity (Wildman–Crippen MR) is 78.5 cm³/mol. The van der Waals surface area contributed by atoms with Crippen LogP contribution < -0.4 is 5.32 Å². The van der Waals surface area contributed by atoms with Gasteiger partial charge in [0.2, 0.25) is 5.91 Å². The summed E-state index contributed by atoms with van der Waals surface area (Å²) >= 11 is 0. The van der Waals surface area contributed by atoms with E-state index in [1.54, 1.807) is 0 Å². The van der Waals surface area contributed by atoms with Gasteiger partial charge in [0.1, 0.15) is 0 Å². The van der Waals surface area contributed by atoms with Crippen LogP contribution in [0.2, 0.25) is 0 Å². The molecule has 0 aromatic heterocycles. The molecule has 116 valence electrons. The predicted octanol–water partition coefficient (Wildman–Crippen LogP) is 1.72. The van der Waals surface area contributed by atoms with Gasteiger partial charge in [-0.25, -0.2) is 0 Å². The maximum Gasteiger partial charge on any atom is 0.303 e. The van der Waals surface area contributed by atoms with Crippen LogP contribution in [0.1, 0.15) is 47.5 Å². The van der Waals surface area contributed by atoms with Gasteiger partial charge in [-0.05, 0) is 26.2 Å². The number of amides is 1. The highest BCUT2D eigenvalue weighted by Crippen LogP contribution is 2.23. The first kappa shape index (κ1) is 17.0. The number of nitrogens with zero attached hydrogens (tertiary/aromatic N) is 1. The van der Waals surface area contributed by atoms with Gasteiger partial charge in [0.25, 0.3) is 0 Å². The van der Waals surface area contributed by atoms with Crippen molar-refractivity contribution in [1.82, 2.24) is 10.2 Å². The van der Waals surface area contributed by atoms with Crippen LogP contribution in [0.5, 0.6) is 0 Å². The normalized spacial score (nSPS) is 24.7. The fourth-order valence-corrected chi connectivity index (χ4v) is 2.56. The molecule has 5 heteroatoms. The Labute approximate surface area is 121 Å². The summed E-state index contributed by atoms with van der Waals surface area (Å²) in [6.07, 6.45) is 0.919. The van der Waals surface area contributed by atoms with Crippen LogP contribution >= 0.6 is 0 Å². The van der Waals surface area contributed by atoms with Crippen molar-refractivity contribution >= 4 is 11.9 Å². The number of hydrogen-bond donors (Lipinski definition) is 2. The van der Waals surface area contributed by atoms with E-state index in [1.165, 1.54) is 0 Å². The van der Waals surface area contributed by atoms with E-state index in [0.29, 0.717) is 6.04 Å². The third-order valence-corrected chi connectivity index (χ3v) is 3.78. The summed E-state index contributed by atoms with van der Waals surface area (Å²) in [7, 11) is 0. The van der Waals surface area contributed by atoms with Gasteiger partial charge >= 0.3 is 5.97 Å². The zero-order chi connectivity index (χ0) is 15.5. The van der Waals surface area contributed by atoms with Crippen LogP contribution in [0, 0.1) is 11.3 Å². The van der Waals surface area contributed by atoms with E-state index >= 15 is 0 Å². The van der Waals surface area contributed by atoms with Crippen LogP contribution in [-0.2, 0) is 9.59 Å². The van der Waals surface area contributed by atoms with E-state index in [2.05, 4.69) is 24.1 Å². The fraction of sp³-hybridized carbons (Fsp3) is 0.867. The van der Waals surface area contributed by atoms with Crippen molar-refractivity contribution in [2.45, 2.75) is 59.5 Å². The third kappa shape index (κ3) is 5.12. The number of rotatable bonds is 4. The molecule has 5 nitrogen and oxygen atoms in total. The Morgan fingerprint density at radius 2 is 1.90 bits per heavy atom. The first-order valence-electron chi connectivity index (χ1n) is 7.36. The number of carboxylic acids is 1. The second-order valence-electron chi connectivity index (χ2n) is 7.17. The average molecular weight is 284 g/mol. The molecule has 1 fully saturated rings. The minimum atomic E-state index is -0.762. The molecule has 0 saturated carbocycles. The van der Waals surface area contributed by atoms with Gasteiger partial charge in [-0.3, -0.25) is 14.5 Å². The summed E-state index contributed by atoms with van der Waals surface area (Å²) in [5.41, 5.74) is -0.414. The first-order chi connectivity index (χ1) is 9.09. The van der Waals surface area contributed by atoms with E-state index in [0.717, 1.165) is 19.5 Å². The largest absolute Gasteiger partial charge is 0.481 e. The molecule has 1 aliphatic heterocycles. The number of hydrogen-bond acceptors (Lipinski definition) is 3. The Morgan fingerprint density at radius 3 is 2.35 bits per heavy atom. The molecule has 1 amide bonds. The molecule has 2 unspecified atom stereocenters. The van der Waals surface area contributed by atoms with Gasteiger partial charge in [0.15, 0.2) is 0 Å². The summed E-state index contributed by atoms with van der Waals surface area (Å²) in [5.74, 6) is -0.627. The van der Waals surface area contributed by atoms with Gasteiger partial charge < -0.3 is 10.4 Å². The van der Waals surface area contributed by atoms with Crippen molar-refractivity contribution in [3.8, 4) is 0 Å². The van der Waals surface area contributed by atoms with Crippen LogP contribution in [0.3, 0.4) is 0 Å². The summed E-state index contributed by atoms with van der Waals surface area (Å²) in [5, 5.41) is 12.1. The molecule has 0 radical (unpaired) electrons. The molecule has 0 aliphatic carbocycles. The Morgan fingerprint density at radius 1 is 1.30 bits per heavy atom. The second-order valence-corrected chi connectivity index (χ2v) is 7.17. The quantitative estimate of drug-likeness (QED) is 0.825. The summed E-state index contributed by atoms with van der Waals surface area (Å²) < 4.78 is 0. The number of carbonyl (C=O) groups excluding carboxylic acids is 1. The molecule has 20 heavy (non-hydrogen) atoms. The molecule has 1 aliphatic rings. The Balaban J connectivity index is 2.69. The van der Waals surface area contributed by atoms with Gasteiger partial charge in [-0.2, -0.15) is 0 Å². The van der Waals surface area contributed by atoms with E-state index in [9.17, 15) is 9.59 Å². The molecule has 0 aromatic rings. The number of carbonyl (C=O) groups is 2. The lowest BCUT2D eigenvalue weighted by atomic mass is 9.89. The highest BCUT2D eigenvalue weighted by atomic mass is 16.4. The number of likely N-dealkylation sites (tertiary alicyclic amines) is 1. The summed E-state index contributed by atoms with van der Waals surface area (Å²) in [6.45, 7) is 11.5. The van der Waals surface area contributed by atoms with Crippen LogP contribution in [0.25, 0.3) is 0 Å². The molecule has 1 rings (SSSR count). The van der Waals surface area contributed by atoms with E-state index in [4.69, 9.17) is 5.11 Å². The van der Waals surface area contributed by atoms with Gasteiger partial charge in [0, 0.05) is 37.0 Å². The van der Waals surface area contributed by atoms with Crippen LogP contribution in [-0.4, -0.2) is 47.1 Å². The molecular weight excluding hydrogens is 256 g/mol. The Bertz CT molecular complexity index is 361. The fourth-order valence-electron chi connectivity index (χ4n) is 2.56. The maximum absolute atomic E-state index is 12.1. The van der Waals surface area contributed by atoms with Gasteiger partial charge in [-0.15, -0.1) is 0 Å². The zero-order valence-corrected chi connectivity index (χ0v) is 13.3. The summed E-state index contributed by atoms with van der Waals surface area (Å²) in [4.78, 5) is 25.3. The van der Waals surface area contributed by atoms with Crippen LogP contribution in [0.4, 0.5) is 0 Å². The van der Waals surface area contributed by atoms with Gasteiger partial charge in [-0.1, -0.05) is 20.8 Å². The molecule has 1 saturated heterocycles. The van der Waals surface area contributed by atoms with Crippen molar-refractivity contribution in [2.24, 2.45) is 11.3 Å². The first-order valence-corrected chi connectivity index (χ1v) is 7.36. The van der Waals surface area contributed by atoms with Crippen molar-refractivity contribution in [2.75, 3.05) is 13.1 Å². The SMILES string of the molecule is CC(C)N1CC(CC(=O)O)CC(NC(=O)C(C)(C)C)C1. The lowest BCUT2D eigenvalue weighted by molar-refractivity contribution is -0.138. The highest BCUT2D eigenvalue weighted by molar-refractivity contribution is 5.81. The Hall–Kier alpha value is -1.10. The Kier molecular flexibility index (Phi) is 5.57. The molecular formula is C15H28N2O3. The highest BCUT2D eigenvalue weighted by Gasteiger charge is 2.32. The zero-order valence-electron chi connectivity index (χ0n) is 13.3.